The highest BCUT2D eigenvalue weighted by Crippen LogP contribution is 2.29. The summed E-state index contributed by atoms with van der Waals surface area (Å²) < 4.78 is 43.2. The van der Waals surface area contributed by atoms with Gasteiger partial charge < -0.3 is 9.47 Å². The van der Waals surface area contributed by atoms with Gasteiger partial charge in [0.25, 0.3) is 0 Å². The van der Waals surface area contributed by atoms with Crippen LogP contribution in [0.3, 0.4) is 0 Å². The van der Waals surface area contributed by atoms with Crippen molar-refractivity contribution in [3.63, 3.8) is 0 Å². The average molecular weight is 443 g/mol. The van der Waals surface area contributed by atoms with Gasteiger partial charge in [0.15, 0.2) is 0 Å². The molecule has 0 radical (unpaired) electrons. The molecule has 1 saturated heterocycles. The van der Waals surface area contributed by atoms with Crippen LogP contribution in [0, 0.1) is 5.82 Å². The highest BCUT2D eigenvalue weighted by molar-refractivity contribution is 7.91. The number of aryl methyl sites for hydroxylation is 2. The van der Waals surface area contributed by atoms with E-state index < -0.39 is 21.1 Å². The highest BCUT2D eigenvalue weighted by Gasteiger charge is 2.25. The molecule has 2 aromatic carbocycles. The molecule has 1 fully saturated rings. The van der Waals surface area contributed by atoms with E-state index in [2.05, 4.69) is 0 Å². The van der Waals surface area contributed by atoms with Crippen LogP contribution in [-0.4, -0.2) is 26.1 Å². The van der Waals surface area contributed by atoms with Crippen molar-refractivity contribution in [2.24, 2.45) is 0 Å². The van der Waals surface area contributed by atoms with E-state index in [9.17, 15) is 13.2 Å². The van der Waals surface area contributed by atoms with Gasteiger partial charge in [-0.2, -0.15) is 0 Å². The Morgan fingerprint density at radius 3 is 2.29 bits per heavy atom. The van der Waals surface area contributed by atoms with Gasteiger partial charge in [-0.1, -0.05) is 19.1 Å². The minimum absolute atomic E-state index is 0.0641. The molecule has 0 saturated carbocycles. The maximum absolute atomic E-state index is 15.0. The number of rotatable bonds is 5. The first kappa shape index (κ1) is 21.6. The van der Waals surface area contributed by atoms with Crippen LogP contribution in [-0.2, 0) is 22.8 Å². The van der Waals surface area contributed by atoms with Crippen LogP contribution >= 0.6 is 0 Å². The topological polar surface area (TPSA) is 59.4 Å². The maximum Gasteiger partial charge on any atom is 0.211 e. The van der Waals surface area contributed by atoms with E-state index in [1.165, 1.54) is 24.4 Å². The van der Waals surface area contributed by atoms with Crippen molar-refractivity contribution >= 4 is 26.4 Å². The predicted molar refractivity (Wildman–Crippen MR) is 121 cm³/mol. The molecular weight excluding hydrogens is 415 g/mol. The summed E-state index contributed by atoms with van der Waals surface area (Å²) in [4.78, 5) is 15.0. The number of fused-ring (bicyclic) bond motifs is 1. The zero-order valence-electron chi connectivity index (χ0n) is 17.9. The molecule has 0 bridgehead atoms. The third-order valence-electron chi connectivity index (χ3n) is 6.08. The van der Waals surface area contributed by atoms with E-state index in [1.54, 1.807) is 22.8 Å². The lowest BCUT2D eigenvalue weighted by Crippen LogP contribution is -2.30. The molecule has 4 rings (SSSR count). The Morgan fingerprint density at radius 1 is 1.00 bits per heavy atom. The number of aromatic nitrogens is 1. The number of pyridine rings is 1. The standard InChI is InChI=1S/C24H27FN2O3S/c1-3-17-8-10-18(11-9-17)31(29,30)23-16-26(4-2)21-15-22(27-12-6-5-7-13-27)20(25)14-19(21)24(23)28/h8-11,14-16H,3-7,12-13H2,1-2H3. The Bertz CT molecular complexity index is 1270. The Morgan fingerprint density at radius 2 is 1.68 bits per heavy atom. The molecule has 0 N–H and O–H groups in total. The highest BCUT2D eigenvalue weighted by atomic mass is 32.2. The second kappa shape index (κ2) is 8.46. The van der Waals surface area contributed by atoms with Crippen LogP contribution in [0.25, 0.3) is 10.9 Å². The zero-order chi connectivity index (χ0) is 22.2. The Kier molecular flexibility index (Phi) is 5.88. The quantitative estimate of drug-likeness (QED) is 0.582. The minimum Gasteiger partial charge on any atom is -0.369 e. The number of anilines is 1. The molecule has 31 heavy (non-hydrogen) atoms. The summed E-state index contributed by atoms with van der Waals surface area (Å²) in [6.45, 7) is 5.87. The lowest BCUT2D eigenvalue weighted by atomic mass is 10.1. The molecule has 1 aliphatic heterocycles. The Labute approximate surface area is 182 Å². The number of halogens is 1. The fourth-order valence-corrected chi connectivity index (χ4v) is 5.60. The normalized spacial score (nSPS) is 14.9. The smallest absolute Gasteiger partial charge is 0.211 e. The van der Waals surface area contributed by atoms with Gasteiger partial charge in [0.1, 0.15) is 10.7 Å². The molecule has 0 amide bonds. The lowest BCUT2D eigenvalue weighted by molar-refractivity contribution is 0.557. The van der Waals surface area contributed by atoms with E-state index >= 15 is 4.39 Å². The van der Waals surface area contributed by atoms with E-state index in [1.807, 2.05) is 18.7 Å². The van der Waals surface area contributed by atoms with Crippen molar-refractivity contribution in [1.29, 1.82) is 0 Å². The van der Waals surface area contributed by atoms with Gasteiger partial charge in [-0.05, 0) is 62.4 Å². The van der Waals surface area contributed by atoms with E-state index in [4.69, 9.17) is 0 Å². The zero-order valence-corrected chi connectivity index (χ0v) is 18.7. The van der Waals surface area contributed by atoms with Gasteiger partial charge in [0, 0.05) is 25.8 Å². The van der Waals surface area contributed by atoms with E-state index in [-0.39, 0.29) is 15.2 Å². The molecule has 5 nitrogen and oxygen atoms in total. The molecule has 2 heterocycles. The Hall–Kier alpha value is -2.67. The lowest BCUT2D eigenvalue weighted by Gasteiger charge is -2.29. The van der Waals surface area contributed by atoms with Gasteiger partial charge in [0.05, 0.1) is 21.5 Å². The van der Waals surface area contributed by atoms with Crippen LogP contribution in [0.4, 0.5) is 10.1 Å². The molecule has 3 aromatic rings. The molecule has 1 aliphatic rings. The molecular formula is C24H27FN2O3S. The third kappa shape index (κ3) is 3.87. The minimum atomic E-state index is -4.03. The van der Waals surface area contributed by atoms with Gasteiger partial charge in [-0.25, -0.2) is 12.8 Å². The molecule has 0 spiro atoms. The second-order valence-corrected chi connectivity index (χ2v) is 9.90. The maximum atomic E-state index is 15.0. The summed E-state index contributed by atoms with van der Waals surface area (Å²) in [7, 11) is -4.03. The summed E-state index contributed by atoms with van der Waals surface area (Å²) in [6, 6.07) is 9.43. The molecule has 1 aromatic heterocycles. The van der Waals surface area contributed by atoms with Crippen molar-refractivity contribution in [1.82, 2.24) is 4.57 Å². The summed E-state index contributed by atoms with van der Waals surface area (Å²) in [5.41, 5.74) is 1.37. The van der Waals surface area contributed by atoms with Crippen LogP contribution < -0.4 is 10.3 Å². The number of benzene rings is 2. The van der Waals surface area contributed by atoms with Crippen LogP contribution in [0.2, 0.25) is 0 Å². The van der Waals surface area contributed by atoms with E-state index in [0.717, 1.165) is 44.3 Å². The van der Waals surface area contributed by atoms with Gasteiger partial charge in [0.2, 0.25) is 15.3 Å². The van der Waals surface area contributed by atoms with E-state index in [0.29, 0.717) is 17.7 Å². The molecule has 0 aliphatic carbocycles. The molecule has 0 unspecified atom stereocenters. The molecule has 164 valence electrons. The van der Waals surface area contributed by atoms with Gasteiger partial charge in [-0.15, -0.1) is 0 Å². The fourth-order valence-electron chi connectivity index (χ4n) is 4.23. The third-order valence-corrected chi connectivity index (χ3v) is 7.85. The largest absolute Gasteiger partial charge is 0.369 e. The first-order valence-corrected chi connectivity index (χ1v) is 12.3. The number of piperidine rings is 1. The Balaban J connectivity index is 1.89. The van der Waals surface area contributed by atoms with Crippen molar-refractivity contribution in [2.75, 3.05) is 18.0 Å². The SMILES string of the molecule is CCc1ccc(S(=O)(=O)c2cn(CC)c3cc(N4CCCCC4)c(F)cc3c2=O)cc1. The van der Waals surface area contributed by atoms with Crippen LogP contribution in [0.1, 0.15) is 38.7 Å². The van der Waals surface area contributed by atoms with Crippen molar-refractivity contribution in [3.8, 4) is 0 Å². The van der Waals surface area contributed by atoms with Gasteiger partial charge >= 0.3 is 0 Å². The first-order chi connectivity index (χ1) is 14.9. The van der Waals surface area contributed by atoms with Crippen molar-refractivity contribution in [2.45, 2.75) is 55.9 Å². The summed E-state index contributed by atoms with van der Waals surface area (Å²) in [5.74, 6) is -0.490. The summed E-state index contributed by atoms with van der Waals surface area (Å²) in [5, 5.41) is 0.0892. The first-order valence-electron chi connectivity index (χ1n) is 10.8. The number of sulfone groups is 1. The van der Waals surface area contributed by atoms with Crippen LogP contribution in [0.15, 0.2) is 57.2 Å². The van der Waals surface area contributed by atoms with Gasteiger partial charge in [-0.3, -0.25) is 4.79 Å². The number of hydrogen-bond donors (Lipinski definition) is 0. The predicted octanol–water partition coefficient (Wildman–Crippen LogP) is 4.55. The fraction of sp³-hybridized carbons (Fsp3) is 0.375. The average Bonchev–Trinajstić information content (AvgIpc) is 2.79. The number of hydrogen-bond acceptors (Lipinski definition) is 4. The molecule has 0 atom stereocenters. The van der Waals surface area contributed by atoms with Crippen LogP contribution in [0.5, 0.6) is 0 Å². The van der Waals surface area contributed by atoms with Crippen molar-refractivity contribution in [3.05, 3.63) is 64.2 Å². The second-order valence-electron chi connectivity index (χ2n) is 7.98. The van der Waals surface area contributed by atoms with Crippen molar-refractivity contribution < 1.29 is 12.8 Å². The number of nitrogens with zero attached hydrogens (tertiary/aromatic N) is 2. The monoisotopic (exact) mass is 442 g/mol. The summed E-state index contributed by atoms with van der Waals surface area (Å²) >= 11 is 0. The molecule has 7 heteroatoms. The summed E-state index contributed by atoms with van der Waals surface area (Å²) in [6.07, 6.45) is 5.33.